The van der Waals surface area contributed by atoms with Crippen molar-refractivity contribution in [2.75, 3.05) is 36.0 Å². The minimum atomic E-state index is 1.11. The number of anilines is 2. The zero-order valence-electron chi connectivity index (χ0n) is 11.0. The second kappa shape index (κ2) is 4.63. The Bertz CT molecular complexity index is 532. The van der Waals surface area contributed by atoms with Crippen molar-refractivity contribution >= 4 is 34.1 Å². The van der Waals surface area contributed by atoms with Gasteiger partial charge in [0, 0.05) is 26.2 Å². The van der Waals surface area contributed by atoms with Crippen molar-refractivity contribution in [2.45, 2.75) is 25.7 Å². The number of benzene rings is 1. The van der Waals surface area contributed by atoms with Gasteiger partial charge in [-0.3, -0.25) is 0 Å². The quantitative estimate of drug-likeness (QED) is 0.843. The van der Waals surface area contributed by atoms with Crippen LogP contribution in [0.1, 0.15) is 25.7 Å². The lowest BCUT2D eigenvalue weighted by Gasteiger charge is -2.22. The van der Waals surface area contributed by atoms with Gasteiger partial charge in [0.1, 0.15) is 11.0 Å². The molecule has 5 heteroatoms. The summed E-state index contributed by atoms with van der Waals surface area (Å²) >= 11 is 1.35. The molecule has 0 aliphatic carbocycles. The number of fused-ring (bicyclic) bond motifs is 1. The first kappa shape index (κ1) is 11.5. The highest BCUT2D eigenvalue weighted by molar-refractivity contribution is 7.00. The first-order chi connectivity index (χ1) is 9.43. The van der Waals surface area contributed by atoms with Crippen LogP contribution in [0.3, 0.4) is 0 Å². The van der Waals surface area contributed by atoms with E-state index in [1.807, 2.05) is 0 Å². The van der Waals surface area contributed by atoms with Crippen molar-refractivity contribution in [1.29, 1.82) is 0 Å². The summed E-state index contributed by atoms with van der Waals surface area (Å²) in [6, 6.07) is 4.51. The molecule has 19 heavy (non-hydrogen) atoms. The summed E-state index contributed by atoms with van der Waals surface area (Å²) in [7, 11) is 0. The SMILES string of the molecule is c1cc(N2CCCC2)c2nsnc2c1N1CCCC1. The fourth-order valence-electron chi connectivity index (χ4n) is 3.27. The van der Waals surface area contributed by atoms with Crippen molar-refractivity contribution in [1.82, 2.24) is 8.75 Å². The third-order valence-corrected chi connectivity index (χ3v) is 4.79. The molecular formula is C14H18N4S. The van der Waals surface area contributed by atoms with Crippen LogP contribution in [-0.2, 0) is 0 Å². The van der Waals surface area contributed by atoms with Crippen LogP contribution < -0.4 is 9.80 Å². The molecule has 0 amide bonds. The van der Waals surface area contributed by atoms with E-state index in [0.29, 0.717) is 0 Å². The van der Waals surface area contributed by atoms with Gasteiger partial charge in [0.05, 0.1) is 23.1 Å². The van der Waals surface area contributed by atoms with Gasteiger partial charge in [0.2, 0.25) is 0 Å². The lowest BCUT2D eigenvalue weighted by molar-refractivity contribution is 0.949. The monoisotopic (exact) mass is 274 g/mol. The van der Waals surface area contributed by atoms with E-state index in [0.717, 1.165) is 37.2 Å². The zero-order chi connectivity index (χ0) is 12.7. The van der Waals surface area contributed by atoms with E-state index in [4.69, 9.17) is 0 Å². The Kier molecular flexibility index (Phi) is 2.80. The average molecular weight is 274 g/mol. The van der Waals surface area contributed by atoms with Gasteiger partial charge in [-0.1, -0.05) is 0 Å². The van der Waals surface area contributed by atoms with Gasteiger partial charge < -0.3 is 9.80 Å². The maximum atomic E-state index is 4.56. The van der Waals surface area contributed by atoms with Gasteiger partial charge >= 0.3 is 0 Å². The Balaban J connectivity index is 1.80. The Morgan fingerprint density at radius 2 is 1.16 bits per heavy atom. The number of hydrogen-bond donors (Lipinski definition) is 0. The molecule has 3 heterocycles. The minimum Gasteiger partial charge on any atom is -0.370 e. The molecular weight excluding hydrogens is 256 g/mol. The maximum Gasteiger partial charge on any atom is 0.130 e. The van der Waals surface area contributed by atoms with E-state index >= 15 is 0 Å². The number of rotatable bonds is 2. The Labute approximate surface area is 117 Å². The number of hydrogen-bond acceptors (Lipinski definition) is 5. The van der Waals surface area contributed by atoms with Crippen LogP contribution in [-0.4, -0.2) is 34.9 Å². The molecule has 2 aromatic rings. The van der Waals surface area contributed by atoms with E-state index in [2.05, 4.69) is 30.7 Å². The van der Waals surface area contributed by atoms with Crippen LogP contribution in [0, 0.1) is 0 Å². The van der Waals surface area contributed by atoms with Crippen molar-refractivity contribution in [3.8, 4) is 0 Å². The molecule has 2 aliphatic rings. The molecule has 100 valence electrons. The lowest BCUT2D eigenvalue weighted by Crippen LogP contribution is -2.20. The number of aromatic nitrogens is 2. The van der Waals surface area contributed by atoms with Gasteiger partial charge in [-0.25, -0.2) is 0 Å². The van der Waals surface area contributed by atoms with Crippen LogP contribution in [0.15, 0.2) is 12.1 Å². The molecule has 1 aromatic heterocycles. The minimum absolute atomic E-state index is 1.11. The van der Waals surface area contributed by atoms with Crippen LogP contribution in [0.4, 0.5) is 11.4 Å². The predicted molar refractivity (Wildman–Crippen MR) is 80.3 cm³/mol. The van der Waals surface area contributed by atoms with Gasteiger partial charge in [-0.2, -0.15) is 8.75 Å². The molecule has 0 unspecified atom stereocenters. The third kappa shape index (κ3) is 1.87. The second-order valence-electron chi connectivity index (χ2n) is 5.45. The third-order valence-electron chi connectivity index (χ3n) is 4.27. The largest absolute Gasteiger partial charge is 0.370 e. The molecule has 2 saturated heterocycles. The van der Waals surface area contributed by atoms with Gasteiger partial charge in [-0.15, -0.1) is 0 Å². The van der Waals surface area contributed by atoms with Crippen molar-refractivity contribution in [2.24, 2.45) is 0 Å². The molecule has 2 fully saturated rings. The molecule has 4 nitrogen and oxygen atoms in total. The molecule has 0 bridgehead atoms. The predicted octanol–water partition coefficient (Wildman–Crippen LogP) is 2.89. The lowest BCUT2D eigenvalue weighted by atomic mass is 10.2. The van der Waals surface area contributed by atoms with Crippen molar-refractivity contribution in [3.63, 3.8) is 0 Å². The van der Waals surface area contributed by atoms with E-state index < -0.39 is 0 Å². The van der Waals surface area contributed by atoms with Crippen LogP contribution >= 0.6 is 11.7 Å². The fourth-order valence-corrected chi connectivity index (χ4v) is 3.83. The highest BCUT2D eigenvalue weighted by atomic mass is 32.1. The Morgan fingerprint density at radius 3 is 1.58 bits per heavy atom. The summed E-state index contributed by atoms with van der Waals surface area (Å²) in [5, 5.41) is 0. The van der Waals surface area contributed by atoms with Crippen molar-refractivity contribution < 1.29 is 0 Å². The summed E-state index contributed by atoms with van der Waals surface area (Å²) in [5.74, 6) is 0. The summed E-state index contributed by atoms with van der Waals surface area (Å²) in [4.78, 5) is 4.91. The standard InChI is InChI=1S/C14H18N4S/c1-2-8-17(7-1)11-5-6-12(18-9-3-4-10-18)14-13(11)15-19-16-14/h5-6H,1-4,7-10H2. The number of nitrogens with zero attached hydrogens (tertiary/aromatic N) is 4. The molecule has 4 rings (SSSR count). The van der Waals surface area contributed by atoms with E-state index in [-0.39, 0.29) is 0 Å². The maximum absolute atomic E-state index is 4.56. The van der Waals surface area contributed by atoms with E-state index in [9.17, 15) is 0 Å². The van der Waals surface area contributed by atoms with E-state index in [1.54, 1.807) is 0 Å². The highest BCUT2D eigenvalue weighted by Crippen LogP contribution is 2.35. The molecule has 0 spiro atoms. The summed E-state index contributed by atoms with van der Waals surface area (Å²) in [5.41, 5.74) is 4.78. The molecule has 0 radical (unpaired) electrons. The first-order valence-corrected chi connectivity index (χ1v) is 7.92. The molecule has 0 saturated carbocycles. The molecule has 0 N–H and O–H groups in total. The van der Waals surface area contributed by atoms with Crippen LogP contribution in [0.5, 0.6) is 0 Å². The summed E-state index contributed by atoms with van der Waals surface area (Å²) in [6.45, 7) is 4.65. The molecule has 2 aliphatic heterocycles. The van der Waals surface area contributed by atoms with Gasteiger partial charge in [0.15, 0.2) is 0 Å². The smallest absolute Gasteiger partial charge is 0.130 e. The first-order valence-electron chi connectivity index (χ1n) is 7.19. The zero-order valence-corrected chi connectivity index (χ0v) is 11.8. The van der Waals surface area contributed by atoms with E-state index in [1.165, 1.54) is 48.8 Å². The Hall–Kier alpha value is -1.36. The van der Waals surface area contributed by atoms with Crippen LogP contribution in [0.25, 0.3) is 11.0 Å². The van der Waals surface area contributed by atoms with Gasteiger partial charge in [-0.05, 0) is 37.8 Å². The second-order valence-corrected chi connectivity index (χ2v) is 5.98. The van der Waals surface area contributed by atoms with Gasteiger partial charge in [0.25, 0.3) is 0 Å². The fraction of sp³-hybridized carbons (Fsp3) is 0.571. The molecule has 1 aromatic carbocycles. The van der Waals surface area contributed by atoms with Crippen molar-refractivity contribution in [3.05, 3.63) is 12.1 Å². The van der Waals surface area contributed by atoms with Crippen LogP contribution in [0.2, 0.25) is 0 Å². The normalized spacial score (nSPS) is 19.8. The summed E-state index contributed by atoms with van der Waals surface area (Å²) < 4.78 is 9.12. The highest BCUT2D eigenvalue weighted by Gasteiger charge is 2.21. The topological polar surface area (TPSA) is 32.3 Å². The summed E-state index contributed by atoms with van der Waals surface area (Å²) in [6.07, 6.45) is 5.19. The molecule has 0 atom stereocenters. The average Bonchev–Trinajstić information content (AvgIpc) is 3.19. The Morgan fingerprint density at radius 1 is 0.737 bits per heavy atom.